The number of rotatable bonds is 8. The van der Waals surface area contributed by atoms with Gasteiger partial charge in [0.15, 0.2) is 5.96 Å². The van der Waals surface area contributed by atoms with Crippen molar-refractivity contribution in [3.05, 3.63) is 53.3 Å². The van der Waals surface area contributed by atoms with Crippen molar-refractivity contribution in [3.8, 4) is 0 Å². The minimum Gasteiger partial charge on any atom is -0.357 e. The third-order valence-corrected chi connectivity index (χ3v) is 3.95. The van der Waals surface area contributed by atoms with Crippen LogP contribution in [0.3, 0.4) is 0 Å². The lowest BCUT2D eigenvalue weighted by molar-refractivity contribution is 0.458. The molecule has 1 aromatic carbocycles. The van der Waals surface area contributed by atoms with E-state index < -0.39 is 0 Å². The van der Waals surface area contributed by atoms with E-state index in [0.717, 1.165) is 38.6 Å². The highest BCUT2D eigenvalue weighted by atomic mass is 15.3. The minimum atomic E-state index is 0.440. The van der Waals surface area contributed by atoms with Crippen LogP contribution in [0, 0.1) is 19.8 Å². The Hall–Kier alpha value is -2.30. The summed E-state index contributed by atoms with van der Waals surface area (Å²) in [6.07, 6.45) is 4.80. The fourth-order valence-corrected chi connectivity index (χ4v) is 2.91. The summed E-state index contributed by atoms with van der Waals surface area (Å²) in [5.74, 6) is 1.33. The van der Waals surface area contributed by atoms with Crippen LogP contribution in [0.15, 0.2) is 41.7 Å². The molecule has 0 aliphatic carbocycles. The molecule has 0 amide bonds. The molecule has 1 aromatic heterocycles. The van der Waals surface area contributed by atoms with E-state index in [9.17, 15) is 0 Å². The molecule has 1 atom stereocenters. The number of nitrogens with one attached hydrogen (secondary N) is 2. The van der Waals surface area contributed by atoms with Crippen molar-refractivity contribution in [1.29, 1.82) is 0 Å². The van der Waals surface area contributed by atoms with E-state index in [4.69, 9.17) is 4.99 Å². The number of hydrogen-bond donors (Lipinski definition) is 2. The topological polar surface area (TPSA) is 54.2 Å². The minimum absolute atomic E-state index is 0.440. The number of aromatic nitrogens is 2. The number of hydrogen-bond acceptors (Lipinski definition) is 2. The van der Waals surface area contributed by atoms with Crippen molar-refractivity contribution in [1.82, 2.24) is 20.4 Å². The lowest BCUT2D eigenvalue weighted by Crippen LogP contribution is -2.38. The van der Waals surface area contributed by atoms with Crippen LogP contribution in [0.2, 0.25) is 0 Å². The van der Waals surface area contributed by atoms with Crippen LogP contribution in [0.4, 0.5) is 0 Å². The second-order valence-electron chi connectivity index (χ2n) is 6.73. The third-order valence-electron chi connectivity index (χ3n) is 3.95. The summed E-state index contributed by atoms with van der Waals surface area (Å²) in [6.45, 7) is 12.0. The third kappa shape index (κ3) is 6.99. The van der Waals surface area contributed by atoms with Crippen molar-refractivity contribution in [2.24, 2.45) is 10.9 Å². The maximum absolute atomic E-state index is 4.71. The van der Waals surface area contributed by atoms with Crippen LogP contribution in [0.5, 0.6) is 0 Å². The van der Waals surface area contributed by atoms with Gasteiger partial charge in [-0.25, -0.2) is 0 Å². The molecule has 1 heterocycles. The number of aliphatic imine (C=N–C) groups is 1. The molecule has 5 heteroatoms. The van der Waals surface area contributed by atoms with Gasteiger partial charge in [0.25, 0.3) is 0 Å². The Morgan fingerprint density at radius 3 is 2.60 bits per heavy atom. The van der Waals surface area contributed by atoms with Crippen molar-refractivity contribution in [3.63, 3.8) is 0 Å². The standard InChI is InChI=1S/C20H31N5/c1-5-21-20(23-14-18(4)15-25-10-6-8-24-25)22-9-7-19-12-16(2)11-17(3)13-19/h6,8,10-13,18H,5,7,9,14-15H2,1-4H3,(H2,21,22,23). The molecule has 0 spiro atoms. The van der Waals surface area contributed by atoms with Crippen LogP contribution >= 0.6 is 0 Å². The highest BCUT2D eigenvalue weighted by Crippen LogP contribution is 2.09. The lowest BCUT2D eigenvalue weighted by Gasteiger charge is -2.14. The van der Waals surface area contributed by atoms with Gasteiger partial charge < -0.3 is 10.6 Å². The van der Waals surface area contributed by atoms with Gasteiger partial charge in [-0.05, 0) is 44.7 Å². The molecule has 0 saturated carbocycles. The Balaban J connectivity index is 1.82. The van der Waals surface area contributed by atoms with Gasteiger partial charge in [0.1, 0.15) is 0 Å². The highest BCUT2D eigenvalue weighted by molar-refractivity contribution is 5.79. The van der Waals surface area contributed by atoms with Gasteiger partial charge in [-0.2, -0.15) is 5.10 Å². The average molecular weight is 342 g/mol. The summed E-state index contributed by atoms with van der Waals surface area (Å²) < 4.78 is 1.96. The Labute approximate surface area is 151 Å². The van der Waals surface area contributed by atoms with E-state index in [1.54, 1.807) is 0 Å². The molecule has 0 bridgehead atoms. The maximum atomic E-state index is 4.71. The zero-order valence-corrected chi connectivity index (χ0v) is 15.9. The van der Waals surface area contributed by atoms with E-state index in [2.05, 4.69) is 61.6 Å². The lowest BCUT2D eigenvalue weighted by atomic mass is 10.1. The summed E-state index contributed by atoms with van der Waals surface area (Å²) in [4.78, 5) is 4.71. The van der Waals surface area contributed by atoms with Gasteiger partial charge >= 0.3 is 0 Å². The monoisotopic (exact) mass is 341 g/mol. The average Bonchev–Trinajstić information content (AvgIpc) is 3.04. The van der Waals surface area contributed by atoms with Crippen LogP contribution in [0.1, 0.15) is 30.5 Å². The Bertz CT molecular complexity index is 640. The largest absolute Gasteiger partial charge is 0.357 e. The van der Waals surface area contributed by atoms with Crippen molar-refractivity contribution in [2.75, 3.05) is 19.6 Å². The van der Waals surface area contributed by atoms with Gasteiger partial charge in [0.2, 0.25) is 0 Å². The molecule has 0 aliphatic heterocycles. The normalized spacial score (nSPS) is 12.9. The fraction of sp³-hybridized carbons (Fsp3) is 0.500. The van der Waals surface area contributed by atoms with Gasteiger partial charge in [0.05, 0.1) is 0 Å². The van der Waals surface area contributed by atoms with E-state index in [-0.39, 0.29) is 0 Å². The van der Waals surface area contributed by atoms with Gasteiger partial charge in [-0.15, -0.1) is 0 Å². The summed E-state index contributed by atoms with van der Waals surface area (Å²) in [5.41, 5.74) is 4.01. The summed E-state index contributed by atoms with van der Waals surface area (Å²) in [7, 11) is 0. The molecular weight excluding hydrogens is 310 g/mol. The molecule has 1 unspecified atom stereocenters. The molecule has 0 saturated heterocycles. The molecule has 0 radical (unpaired) electrons. The van der Waals surface area contributed by atoms with Gasteiger partial charge in [-0.1, -0.05) is 36.2 Å². The van der Waals surface area contributed by atoms with E-state index >= 15 is 0 Å². The highest BCUT2D eigenvalue weighted by Gasteiger charge is 2.04. The molecule has 2 aromatic rings. The molecule has 2 rings (SSSR count). The van der Waals surface area contributed by atoms with Crippen LogP contribution in [-0.4, -0.2) is 35.4 Å². The Morgan fingerprint density at radius 2 is 1.96 bits per heavy atom. The fourth-order valence-electron chi connectivity index (χ4n) is 2.91. The summed E-state index contributed by atoms with van der Waals surface area (Å²) >= 11 is 0. The first-order valence-electron chi connectivity index (χ1n) is 9.13. The van der Waals surface area contributed by atoms with Crippen molar-refractivity contribution in [2.45, 2.75) is 40.7 Å². The molecule has 25 heavy (non-hydrogen) atoms. The van der Waals surface area contributed by atoms with Gasteiger partial charge in [-0.3, -0.25) is 9.67 Å². The first kappa shape index (κ1) is 19.0. The molecule has 5 nitrogen and oxygen atoms in total. The number of aryl methyl sites for hydroxylation is 2. The first-order chi connectivity index (χ1) is 12.1. The Kier molecular flexibility index (Phi) is 7.51. The van der Waals surface area contributed by atoms with Crippen molar-refractivity contribution < 1.29 is 0 Å². The molecule has 2 N–H and O–H groups in total. The van der Waals surface area contributed by atoms with E-state index in [1.165, 1.54) is 16.7 Å². The number of benzene rings is 1. The van der Waals surface area contributed by atoms with E-state index in [1.807, 2.05) is 23.1 Å². The van der Waals surface area contributed by atoms with E-state index in [0.29, 0.717) is 5.92 Å². The van der Waals surface area contributed by atoms with Crippen LogP contribution in [0.25, 0.3) is 0 Å². The predicted molar refractivity (Wildman–Crippen MR) is 105 cm³/mol. The first-order valence-corrected chi connectivity index (χ1v) is 9.13. The maximum Gasteiger partial charge on any atom is 0.191 e. The number of guanidine groups is 1. The summed E-state index contributed by atoms with van der Waals surface area (Å²) in [5, 5.41) is 11.0. The predicted octanol–water partition coefficient (Wildman–Crippen LogP) is 2.93. The van der Waals surface area contributed by atoms with Crippen molar-refractivity contribution >= 4 is 5.96 Å². The second kappa shape index (κ2) is 9.87. The molecule has 136 valence electrons. The van der Waals surface area contributed by atoms with Crippen LogP contribution < -0.4 is 10.6 Å². The molecular formula is C20H31N5. The van der Waals surface area contributed by atoms with Crippen LogP contribution in [-0.2, 0) is 13.0 Å². The second-order valence-corrected chi connectivity index (χ2v) is 6.73. The summed E-state index contributed by atoms with van der Waals surface area (Å²) in [6, 6.07) is 8.67. The smallest absolute Gasteiger partial charge is 0.191 e. The zero-order chi connectivity index (χ0) is 18.1. The molecule has 0 fully saturated rings. The quantitative estimate of drug-likeness (QED) is 0.573. The number of nitrogens with zero attached hydrogens (tertiary/aromatic N) is 3. The van der Waals surface area contributed by atoms with Gasteiger partial charge in [0, 0.05) is 38.6 Å². The Morgan fingerprint density at radius 1 is 1.20 bits per heavy atom. The zero-order valence-electron chi connectivity index (χ0n) is 15.9. The molecule has 0 aliphatic rings. The SMILES string of the molecule is CCNC(=NCC(C)Cn1cccn1)NCCc1cc(C)cc(C)c1.